The fourth-order valence-electron chi connectivity index (χ4n) is 13.4. The lowest BCUT2D eigenvalue weighted by atomic mass is 9.93. The molecule has 22 nitrogen and oxygen atoms in total. The summed E-state index contributed by atoms with van der Waals surface area (Å²) >= 11 is 0. The number of ether oxygens (including phenoxy) is 5. The van der Waals surface area contributed by atoms with Crippen LogP contribution in [0.1, 0.15) is 161 Å². The number of esters is 3. The Hall–Kier alpha value is -8.20. The normalized spacial score (nSPS) is 29.3. The Bertz CT molecular complexity index is 3430. The van der Waals surface area contributed by atoms with Crippen molar-refractivity contribution >= 4 is 59.7 Å². The van der Waals surface area contributed by atoms with Crippen molar-refractivity contribution in [2.75, 3.05) is 19.7 Å². The third-order valence-electron chi connectivity index (χ3n) is 18.5. The highest BCUT2D eigenvalue weighted by Crippen LogP contribution is 2.48. The van der Waals surface area contributed by atoms with E-state index in [0.717, 1.165) is 9.80 Å². The minimum atomic E-state index is -3.19. The van der Waals surface area contributed by atoms with Crippen molar-refractivity contribution < 1.29 is 103 Å². The zero-order valence-corrected chi connectivity index (χ0v) is 54.9. The quantitative estimate of drug-likeness (QED) is 0.0913. The van der Waals surface area contributed by atoms with Crippen molar-refractivity contribution in [3.63, 3.8) is 0 Å². The van der Waals surface area contributed by atoms with E-state index in [1.165, 1.54) is 40.2 Å². The zero-order valence-electron chi connectivity index (χ0n) is 54.9. The molecule has 96 heavy (non-hydrogen) atoms. The summed E-state index contributed by atoms with van der Waals surface area (Å²) in [6.45, 7) is 11.0. The van der Waals surface area contributed by atoms with Gasteiger partial charge in [-0.3, -0.25) is 38.6 Å². The topological polar surface area (TPSA) is 274 Å². The van der Waals surface area contributed by atoms with Gasteiger partial charge in [-0.25, -0.2) is 45.5 Å². The molecule has 3 N–H and O–H groups in total. The Balaban J connectivity index is 0.000000226. The summed E-state index contributed by atoms with van der Waals surface area (Å²) in [5.41, 5.74) is -2.96. The van der Waals surface area contributed by atoms with E-state index in [9.17, 15) is 70.6 Å². The standard InChI is InChI=1S/C35H44F3N3O8.C33H40F3N3O8/c1-5-47-31(45)35-17-23(35)10-6-7-13-34(37,38)14-12-21(15-28(42)49-33(2,3)4)30(44)41-19-24(16-27(41)29(43)39-35)48-32(46)40-18-22-9-8-11-26(36)25(22)20-40;1-31(2,3)47-26(40)13-19-10-12-32(35,36)11-5-4-8-21-15-33(21,29(43)44)37-27(41)25-14-22(17-39(25)28(19)42)46-30(45)38-16-20-7-6-9-24(34)23(20)18-38/h6,8-11,21,23-24,27H,5,7,12-20H2,1-4H3,(H,39,43);4,6-9,19,21-22,25H,5,10-18H2,1-3H3,(H,37,41)(H,43,44)/b10-6-;8-4-/t21-,23-,24-,27+,35-;19-,21-,22-,25+,33-/m11/s1. The van der Waals surface area contributed by atoms with Crippen LogP contribution in [0.15, 0.2) is 60.7 Å². The smallest absolute Gasteiger partial charge is 0.410 e. The summed E-state index contributed by atoms with van der Waals surface area (Å²) in [6.07, 6.45) is -1.92. The maximum atomic E-state index is 15.1. The van der Waals surface area contributed by atoms with Gasteiger partial charge in [0.1, 0.15) is 58.2 Å². The third-order valence-corrected chi connectivity index (χ3v) is 18.5. The summed E-state index contributed by atoms with van der Waals surface area (Å²) in [7, 11) is 0. The summed E-state index contributed by atoms with van der Waals surface area (Å²) in [6, 6.07) is 6.47. The number of halogens is 6. The van der Waals surface area contributed by atoms with Crippen LogP contribution in [0.3, 0.4) is 0 Å². The predicted octanol–water partition coefficient (Wildman–Crippen LogP) is 9.12. The van der Waals surface area contributed by atoms with E-state index in [0.29, 0.717) is 22.3 Å². The van der Waals surface area contributed by atoms with E-state index in [2.05, 4.69) is 10.6 Å². The fourth-order valence-corrected chi connectivity index (χ4v) is 13.4. The maximum absolute atomic E-state index is 15.1. The number of nitrogens with one attached hydrogen (secondary N) is 2. The number of aliphatic carboxylic acids is 1. The first-order valence-corrected chi connectivity index (χ1v) is 32.6. The second-order valence-electron chi connectivity index (χ2n) is 28.2. The van der Waals surface area contributed by atoms with Gasteiger partial charge in [-0.2, -0.15) is 0 Å². The highest BCUT2D eigenvalue weighted by Gasteiger charge is 2.63. The highest BCUT2D eigenvalue weighted by molar-refractivity contribution is 5.97. The van der Waals surface area contributed by atoms with E-state index >= 15 is 8.78 Å². The number of carbonyl (C=O) groups excluding carboxylic acids is 9. The first kappa shape index (κ1) is 72.1. The Morgan fingerprint density at radius 2 is 1.00 bits per heavy atom. The highest BCUT2D eigenvalue weighted by atomic mass is 19.3. The van der Waals surface area contributed by atoms with Crippen molar-refractivity contribution in [1.29, 1.82) is 0 Å². The van der Waals surface area contributed by atoms with Crippen molar-refractivity contribution in [1.82, 2.24) is 30.2 Å². The Morgan fingerprint density at radius 3 is 1.40 bits per heavy atom. The van der Waals surface area contributed by atoms with Crippen molar-refractivity contribution in [3.8, 4) is 0 Å². The molecule has 28 heteroatoms. The summed E-state index contributed by atoms with van der Waals surface area (Å²) < 4.78 is 116. The van der Waals surface area contributed by atoms with Gasteiger partial charge >= 0.3 is 36.1 Å². The first-order chi connectivity index (χ1) is 45.0. The number of nitrogens with zero attached hydrogens (tertiary/aromatic N) is 4. The number of alkyl halides is 4. The van der Waals surface area contributed by atoms with Crippen LogP contribution in [0.4, 0.5) is 35.9 Å². The van der Waals surface area contributed by atoms with Crippen molar-refractivity contribution in [2.24, 2.45) is 23.7 Å². The zero-order chi connectivity index (χ0) is 70.0. The lowest BCUT2D eigenvalue weighted by molar-refractivity contribution is -0.160. The van der Waals surface area contributed by atoms with Gasteiger partial charge in [-0.1, -0.05) is 48.6 Å². The molecule has 2 aliphatic carbocycles. The number of rotatable bonds is 9. The van der Waals surface area contributed by atoms with Gasteiger partial charge in [-0.05, 0) is 110 Å². The largest absolute Gasteiger partial charge is 0.479 e. The lowest BCUT2D eigenvalue weighted by Crippen LogP contribution is -2.54. The second kappa shape index (κ2) is 28.5. The summed E-state index contributed by atoms with van der Waals surface area (Å²) in [4.78, 5) is 138. The molecule has 8 aliphatic rings. The van der Waals surface area contributed by atoms with Crippen molar-refractivity contribution in [2.45, 2.75) is 223 Å². The molecule has 2 saturated carbocycles. The monoisotopic (exact) mass is 1350 g/mol. The van der Waals surface area contributed by atoms with Crippen LogP contribution in [-0.4, -0.2) is 163 Å². The molecular weight excluding hydrogens is 1270 g/mol. The molecule has 0 radical (unpaired) electrons. The molecule has 524 valence electrons. The number of carboxylic acids is 1. The number of hydrogen-bond acceptors (Lipinski definition) is 15. The summed E-state index contributed by atoms with van der Waals surface area (Å²) in [5, 5.41) is 15.3. The van der Waals surface area contributed by atoms with Gasteiger partial charge in [0, 0.05) is 86.4 Å². The SMILES string of the molecule is CC(C)(C)OC(=O)C[C@H]1CCC(F)(F)CC/C=C\[C@@H]2C[C@@]2(C(=O)O)NC(=O)[C@@H]2C[C@@H](OC(=O)N3Cc4cccc(F)c4C3)CN2C1=O.CCOC(=O)[C@@]12C[C@H]1/C=C\CCC(F)(F)CC[C@H](CC(=O)OC(C)(C)C)C(=O)N1C[C@H](OC(=O)N3Cc4cccc(F)c4C3)C[C@H]1C(=O)N2. The van der Waals surface area contributed by atoms with Crippen LogP contribution in [0, 0.1) is 35.3 Å². The average molecular weight is 1360 g/mol. The second-order valence-corrected chi connectivity index (χ2v) is 28.2. The molecule has 2 saturated heterocycles. The lowest BCUT2D eigenvalue weighted by Gasteiger charge is -2.30. The third kappa shape index (κ3) is 17.3. The minimum Gasteiger partial charge on any atom is -0.479 e. The molecule has 4 fully saturated rings. The fraction of sp³-hybridized carbons (Fsp3) is 0.618. The van der Waals surface area contributed by atoms with Gasteiger partial charge in [0.25, 0.3) is 0 Å². The van der Waals surface area contributed by atoms with Crippen LogP contribution in [0.5, 0.6) is 0 Å². The van der Waals surface area contributed by atoms with Gasteiger partial charge in [0.05, 0.1) is 45.6 Å². The molecule has 2 aromatic carbocycles. The number of carboxylic acid groups (broad SMARTS) is 1. The molecule has 6 heterocycles. The van der Waals surface area contributed by atoms with Crippen molar-refractivity contribution in [3.05, 3.63) is 94.6 Å². The number of benzene rings is 2. The Kier molecular flexibility index (Phi) is 21.4. The molecule has 2 aromatic rings. The Labute approximate surface area is 552 Å². The molecular formula is C68H84F6N6O16. The Morgan fingerprint density at radius 1 is 0.594 bits per heavy atom. The molecule has 0 bridgehead atoms. The van der Waals surface area contributed by atoms with Gasteiger partial charge < -0.3 is 49.2 Å². The predicted molar refractivity (Wildman–Crippen MR) is 327 cm³/mol. The molecule has 0 spiro atoms. The number of carbonyl (C=O) groups is 10. The molecule has 6 aliphatic heterocycles. The molecule has 10 atom stereocenters. The van der Waals surface area contributed by atoms with E-state index < -0.39 is 192 Å². The number of allylic oxidation sites excluding steroid dienone is 2. The minimum absolute atomic E-state index is 0.00241. The van der Waals surface area contributed by atoms with Crippen LogP contribution in [0.2, 0.25) is 0 Å². The molecule has 10 rings (SSSR count). The van der Waals surface area contributed by atoms with E-state index in [1.54, 1.807) is 78.8 Å². The maximum Gasteiger partial charge on any atom is 0.410 e. The molecule has 6 amide bonds. The van der Waals surface area contributed by atoms with Gasteiger partial charge in [-0.15, -0.1) is 0 Å². The van der Waals surface area contributed by atoms with E-state index in [4.69, 9.17) is 23.7 Å². The molecule has 0 aromatic heterocycles. The van der Waals surface area contributed by atoms with Crippen LogP contribution >= 0.6 is 0 Å². The van der Waals surface area contributed by atoms with Crippen LogP contribution in [0.25, 0.3) is 0 Å². The number of fused-ring (bicyclic) bond motifs is 6. The first-order valence-electron chi connectivity index (χ1n) is 32.6. The van der Waals surface area contributed by atoms with Gasteiger partial charge in [0.15, 0.2) is 0 Å². The number of hydrogen-bond donors (Lipinski definition) is 3. The average Bonchev–Trinajstić information content (AvgIpc) is 1.59. The number of amides is 6. The van der Waals surface area contributed by atoms with Crippen LogP contribution in [-0.2, 0) is 88.2 Å². The summed E-state index contributed by atoms with van der Waals surface area (Å²) in [5.74, 6) is -17.6. The van der Waals surface area contributed by atoms with E-state index in [-0.39, 0.29) is 97.2 Å². The van der Waals surface area contributed by atoms with Crippen LogP contribution < -0.4 is 10.6 Å². The molecule has 0 unspecified atom stereocenters. The van der Waals surface area contributed by atoms with E-state index in [1.807, 2.05) is 0 Å². The van der Waals surface area contributed by atoms with Gasteiger partial charge in [0.2, 0.25) is 35.5 Å².